The summed E-state index contributed by atoms with van der Waals surface area (Å²) in [7, 11) is 1.52. The Balaban J connectivity index is 1.52. The van der Waals surface area contributed by atoms with Crippen molar-refractivity contribution < 1.29 is 27.5 Å². The van der Waals surface area contributed by atoms with Gasteiger partial charge in [-0.05, 0) is 19.1 Å². The van der Waals surface area contributed by atoms with Gasteiger partial charge in [-0.15, -0.1) is 0 Å². The normalized spacial score (nSPS) is 22.3. The largest absolute Gasteiger partial charge is 0.468 e. The van der Waals surface area contributed by atoms with E-state index in [-0.39, 0.29) is 23.5 Å². The highest BCUT2D eigenvalue weighted by atomic mass is 19.3. The average molecular weight is 466 g/mol. The maximum Gasteiger partial charge on any atom is 0.311 e. The van der Waals surface area contributed by atoms with E-state index in [9.17, 15) is 18.4 Å². The van der Waals surface area contributed by atoms with Crippen molar-refractivity contribution in [2.45, 2.75) is 25.9 Å². The molecule has 9 nitrogen and oxygen atoms in total. The van der Waals surface area contributed by atoms with Gasteiger partial charge in [0.05, 0.1) is 30.9 Å². The van der Waals surface area contributed by atoms with E-state index in [2.05, 4.69) is 14.9 Å². The number of nitrogens with zero attached hydrogens (tertiary/aromatic N) is 5. The number of furan rings is 1. The number of halogens is 2. The van der Waals surface area contributed by atoms with E-state index < -0.39 is 18.0 Å². The number of amides is 1. The minimum atomic E-state index is -2.82. The average Bonchev–Trinajstić information content (AvgIpc) is 3.39. The second-order valence-electron chi connectivity index (χ2n) is 8.52. The Morgan fingerprint density at radius 3 is 2.76 bits per heavy atom. The van der Waals surface area contributed by atoms with E-state index >= 15 is 0 Å². The summed E-state index contributed by atoms with van der Waals surface area (Å²) in [5.74, 6) is -0.220. The molecule has 0 N–H and O–H groups in total. The molecule has 11 heteroatoms. The van der Waals surface area contributed by atoms with Crippen LogP contribution < -0.4 is 0 Å². The molecule has 4 heterocycles. The first kappa shape index (κ1) is 23.4. The Kier molecular flexibility index (Phi) is 7.08. The molecule has 2 saturated heterocycles. The third-order valence-corrected chi connectivity index (χ3v) is 6.17. The number of fused-ring (bicyclic) bond motifs is 1. The van der Waals surface area contributed by atoms with Gasteiger partial charge in [0.25, 0.3) is 12.3 Å². The van der Waals surface area contributed by atoms with Crippen LogP contribution in [-0.2, 0) is 23.1 Å². The van der Waals surface area contributed by atoms with E-state index in [1.165, 1.54) is 17.9 Å². The molecule has 0 bridgehead atoms. The number of esters is 1. The number of ether oxygens (including phenoxy) is 1. The van der Waals surface area contributed by atoms with Crippen LogP contribution in [0.3, 0.4) is 0 Å². The molecule has 0 unspecified atom stereocenters. The summed E-state index contributed by atoms with van der Waals surface area (Å²) < 4.78 is 38.8. The summed E-state index contributed by atoms with van der Waals surface area (Å²) in [6.45, 7) is 5.58. The number of piperazine rings is 1. The lowest BCUT2D eigenvalue weighted by Gasteiger charge is -2.41. The van der Waals surface area contributed by atoms with Gasteiger partial charge in [0, 0.05) is 58.6 Å². The topological polar surface area (TPSA) is 84.0 Å². The monoisotopic (exact) mass is 465 g/mol. The van der Waals surface area contributed by atoms with Crippen molar-refractivity contribution in [3.63, 3.8) is 0 Å². The van der Waals surface area contributed by atoms with E-state index in [0.717, 1.165) is 5.76 Å². The highest BCUT2D eigenvalue weighted by Gasteiger charge is 2.39. The SMILES string of the molecule is CCOC(=O)[C@H]1CN(Cc2ccco2)C[C@@H]2CN(C(=O)c3cn(C)nc3C(F)F)CCN2C1. The lowest BCUT2D eigenvalue weighted by molar-refractivity contribution is -0.149. The molecule has 2 atom stereocenters. The fourth-order valence-corrected chi connectivity index (χ4v) is 4.68. The summed E-state index contributed by atoms with van der Waals surface area (Å²) in [6.07, 6.45) is 0.139. The summed E-state index contributed by atoms with van der Waals surface area (Å²) in [5, 5.41) is 3.76. The van der Waals surface area contributed by atoms with Crippen molar-refractivity contribution in [2.24, 2.45) is 13.0 Å². The molecule has 2 aliphatic heterocycles. The van der Waals surface area contributed by atoms with Crippen LogP contribution in [0.2, 0.25) is 0 Å². The zero-order valence-corrected chi connectivity index (χ0v) is 18.8. The molecule has 33 heavy (non-hydrogen) atoms. The van der Waals surface area contributed by atoms with Gasteiger partial charge < -0.3 is 14.1 Å². The van der Waals surface area contributed by atoms with E-state index in [4.69, 9.17) is 9.15 Å². The lowest BCUT2D eigenvalue weighted by Crippen LogP contribution is -2.57. The number of hydrogen-bond acceptors (Lipinski definition) is 7. The maximum atomic E-state index is 13.4. The molecule has 0 aromatic carbocycles. The Labute approximate surface area is 190 Å². The van der Waals surface area contributed by atoms with Crippen LogP contribution in [0.15, 0.2) is 29.0 Å². The van der Waals surface area contributed by atoms with Gasteiger partial charge in [0.15, 0.2) is 0 Å². The first-order chi connectivity index (χ1) is 15.9. The van der Waals surface area contributed by atoms with Gasteiger partial charge in [0.1, 0.15) is 11.5 Å². The van der Waals surface area contributed by atoms with E-state index in [0.29, 0.717) is 52.4 Å². The van der Waals surface area contributed by atoms with Crippen molar-refractivity contribution in [2.75, 3.05) is 45.9 Å². The van der Waals surface area contributed by atoms with Crippen LogP contribution >= 0.6 is 0 Å². The summed E-state index contributed by atoms with van der Waals surface area (Å²) in [5.41, 5.74) is -0.556. The number of alkyl halides is 2. The van der Waals surface area contributed by atoms with Crippen LogP contribution in [0.4, 0.5) is 8.78 Å². The number of aryl methyl sites for hydroxylation is 1. The first-order valence-electron chi connectivity index (χ1n) is 11.1. The van der Waals surface area contributed by atoms with E-state index in [1.54, 1.807) is 18.1 Å². The van der Waals surface area contributed by atoms with Gasteiger partial charge in [-0.2, -0.15) is 5.10 Å². The molecule has 0 spiro atoms. The van der Waals surface area contributed by atoms with Gasteiger partial charge in [-0.1, -0.05) is 0 Å². The zero-order valence-electron chi connectivity index (χ0n) is 18.8. The van der Waals surface area contributed by atoms with Crippen LogP contribution in [0, 0.1) is 5.92 Å². The molecular formula is C22H29F2N5O4. The van der Waals surface area contributed by atoms with Crippen molar-refractivity contribution >= 4 is 11.9 Å². The molecule has 2 aliphatic rings. The van der Waals surface area contributed by atoms with E-state index in [1.807, 2.05) is 12.1 Å². The molecule has 0 radical (unpaired) electrons. The molecule has 180 valence electrons. The maximum absolute atomic E-state index is 13.4. The Hall–Kier alpha value is -2.79. The van der Waals surface area contributed by atoms with Crippen molar-refractivity contribution in [3.05, 3.63) is 41.6 Å². The predicted octanol–water partition coefficient (Wildman–Crippen LogP) is 1.77. The number of rotatable bonds is 6. The third-order valence-electron chi connectivity index (χ3n) is 6.17. The number of aromatic nitrogens is 2. The van der Waals surface area contributed by atoms with Crippen LogP contribution in [0.25, 0.3) is 0 Å². The number of hydrogen-bond donors (Lipinski definition) is 0. The quantitative estimate of drug-likeness (QED) is 0.602. The fourth-order valence-electron chi connectivity index (χ4n) is 4.68. The van der Waals surface area contributed by atoms with Gasteiger partial charge in [-0.25, -0.2) is 8.78 Å². The van der Waals surface area contributed by atoms with Crippen molar-refractivity contribution in [1.82, 2.24) is 24.5 Å². The Morgan fingerprint density at radius 2 is 2.06 bits per heavy atom. The second-order valence-corrected chi connectivity index (χ2v) is 8.52. The van der Waals surface area contributed by atoms with Crippen LogP contribution in [-0.4, -0.2) is 88.3 Å². The lowest BCUT2D eigenvalue weighted by atomic mass is 10.1. The molecular weight excluding hydrogens is 436 g/mol. The molecule has 1 amide bonds. The van der Waals surface area contributed by atoms with Gasteiger partial charge in [0.2, 0.25) is 0 Å². The van der Waals surface area contributed by atoms with Crippen LogP contribution in [0.5, 0.6) is 0 Å². The summed E-state index contributed by atoms with van der Waals surface area (Å²) in [4.78, 5) is 31.6. The highest BCUT2D eigenvalue weighted by molar-refractivity contribution is 5.95. The fraction of sp³-hybridized carbons (Fsp3) is 0.591. The van der Waals surface area contributed by atoms with Crippen molar-refractivity contribution in [3.8, 4) is 0 Å². The Bertz CT molecular complexity index is 964. The Morgan fingerprint density at radius 1 is 1.24 bits per heavy atom. The molecule has 2 aromatic heterocycles. The predicted molar refractivity (Wildman–Crippen MR) is 114 cm³/mol. The van der Waals surface area contributed by atoms with Crippen molar-refractivity contribution in [1.29, 1.82) is 0 Å². The smallest absolute Gasteiger partial charge is 0.311 e. The highest BCUT2D eigenvalue weighted by Crippen LogP contribution is 2.25. The second kappa shape index (κ2) is 10.0. The molecule has 2 fully saturated rings. The molecule has 0 saturated carbocycles. The van der Waals surface area contributed by atoms with Gasteiger partial charge in [-0.3, -0.25) is 24.1 Å². The standard InChI is InChI=1S/C22H29F2N5O4/c1-3-32-22(31)15-9-27(13-17-5-4-8-33-17)11-16-12-29(7-6-28(16)10-15)21(30)18-14-26(2)25-19(18)20(23)24/h4-5,8,14-16,20H,3,6-7,9-13H2,1-2H3/t15-,16+/m0/s1. The molecule has 4 rings (SSSR count). The minimum absolute atomic E-state index is 0.0521. The number of carbonyl (C=O) groups is 2. The third kappa shape index (κ3) is 5.25. The summed E-state index contributed by atoms with van der Waals surface area (Å²) >= 11 is 0. The minimum Gasteiger partial charge on any atom is -0.468 e. The zero-order chi connectivity index (χ0) is 23.5. The van der Waals surface area contributed by atoms with Crippen LogP contribution in [0.1, 0.15) is 35.2 Å². The number of carbonyl (C=O) groups excluding carboxylic acids is 2. The molecule has 0 aliphatic carbocycles. The van der Waals surface area contributed by atoms with Gasteiger partial charge >= 0.3 is 5.97 Å². The molecule has 2 aromatic rings. The summed E-state index contributed by atoms with van der Waals surface area (Å²) in [6, 6.07) is 3.65. The first-order valence-corrected chi connectivity index (χ1v) is 11.1.